The second-order valence-corrected chi connectivity index (χ2v) is 12.4. The molecular formula is C26H37FN3O8S-. The summed E-state index contributed by atoms with van der Waals surface area (Å²) in [7, 11) is -5.21. The lowest BCUT2D eigenvalue weighted by atomic mass is 9.92. The van der Waals surface area contributed by atoms with Gasteiger partial charge in [-0.1, -0.05) is 26.0 Å². The van der Waals surface area contributed by atoms with Gasteiger partial charge in [0.25, 0.3) is 0 Å². The van der Waals surface area contributed by atoms with E-state index in [9.17, 15) is 36.9 Å². The number of carbonyl (C=O) groups excluding carboxylic acids is 3. The third-order valence-electron chi connectivity index (χ3n) is 7.25. The highest BCUT2D eigenvalue weighted by Gasteiger charge is 2.40. The number of rotatable bonds is 12. The number of alkyl carbamates (subject to hydrolysis) is 1. The van der Waals surface area contributed by atoms with Crippen molar-refractivity contribution in [1.82, 2.24) is 16.0 Å². The summed E-state index contributed by atoms with van der Waals surface area (Å²) < 4.78 is 53.9. The number of aliphatic hydroxyl groups is 1. The molecule has 3 rings (SSSR count). The fourth-order valence-electron chi connectivity index (χ4n) is 5.29. The second-order valence-electron chi connectivity index (χ2n) is 10.9. The van der Waals surface area contributed by atoms with Crippen LogP contribution in [-0.2, 0) is 30.9 Å². The summed E-state index contributed by atoms with van der Waals surface area (Å²) in [5, 5.41) is 17.7. The minimum absolute atomic E-state index is 0.0760. The molecule has 1 aromatic rings. The molecule has 1 aliphatic carbocycles. The normalized spacial score (nSPS) is 21.2. The second kappa shape index (κ2) is 13.1. The summed E-state index contributed by atoms with van der Waals surface area (Å²) in [5.74, 6) is -2.32. The monoisotopic (exact) mass is 570 g/mol. The third-order valence-corrected chi connectivity index (χ3v) is 8.17. The molecule has 11 nitrogen and oxygen atoms in total. The summed E-state index contributed by atoms with van der Waals surface area (Å²) in [6, 6.07) is 3.22. The van der Waals surface area contributed by atoms with Crippen molar-refractivity contribution in [3.63, 3.8) is 0 Å². The molecule has 1 saturated heterocycles. The van der Waals surface area contributed by atoms with E-state index in [4.69, 9.17) is 4.74 Å². The number of ether oxygens (including phenoxy) is 1. The molecule has 0 aromatic heterocycles. The number of hydrogen-bond acceptors (Lipinski definition) is 8. The van der Waals surface area contributed by atoms with Gasteiger partial charge >= 0.3 is 6.09 Å². The van der Waals surface area contributed by atoms with Crippen molar-refractivity contribution in [2.24, 2.45) is 11.8 Å². The molecule has 2 aliphatic rings. The van der Waals surface area contributed by atoms with Crippen LogP contribution in [0.15, 0.2) is 24.3 Å². The van der Waals surface area contributed by atoms with E-state index in [1.807, 2.05) is 13.8 Å². The van der Waals surface area contributed by atoms with Gasteiger partial charge in [0.2, 0.25) is 11.8 Å². The maximum atomic E-state index is 13.3. The van der Waals surface area contributed by atoms with Crippen LogP contribution in [0, 0.1) is 17.7 Å². The number of aliphatic hydroxyl groups excluding tert-OH is 1. The average Bonchev–Trinajstić information content (AvgIpc) is 3.47. The standard InChI is InChI=1S/C26H38FN3O8S/c1-16(2)13-20(23(32)29-21(24(33)39(35,36)37)14-18-9-12-28-22(18)31)30-25(34)38-26(10-3-4-11-26)15-17-5-7-19(27)8-6-17/h5-8,16,18,20-21,24,33H,3-4,9-15H2,1-2H3,(H,28,31)(H,29,32)(H,30,34)(H,35,36,37)/p-1/t18-,20-,21-,24?/m0/s1. The molecule has 4 N–H and O–H groups in total. The zero-order valence-corrected chi connectivity index (χ0v) is 23.0. The molecule has 0 bridgehead atoms. The largest absolute Gasteiger partial charge is 0.746 e. The van der Waals surface area contributed by atoms with Gasteiger partial charge in [0, 0.05) is 18.9 Å². The Morgan fingerprint density at radius 3 is 2.38 bits per heavy atom. The van der Waals surface area contributed by atoms with Crippen molar-refractivity contribution in [2.45, 2.75) is 88.3 Å². The Balaban J connectivity index is 1.72. The summed E-state index contributed by atoms with van der Waals surface area (Å²) in [4.78, 5) is 38.3. The Morgan fingerprint density at radius 2 is 1.85 bits per heavy atom. The molecule has 1 unspecified atom stereocenters. The maximum Gasteiger partial charge on any atom is 0.408 e. The molecule has 13 heteroatoms. The number of nitrogens with one attached hydrogen (secondary N) is 3. The predicted octanol–water partition coefficient (Wildman–Crippen LogP) is 1.70. The van der Waals surface area contributed by atoms with Gasteiger partial charge in [-0.2, -0.15) is 0 Å². The third kappa shape index (κ3) is 8.87. The Morgan fingerprint density at radius 1 is 1.21 bits per heavy atom. The Kier molecular flexibility index (Phi) is 10.3. The van der Waals surface area contributed by atoms with Crippen LogP contribution < -0.4 is 16.0 Å². The lowest BCUT2D eigenvalue weighted by Gasteiger charge is -2.32. The molecular weight excluding hydrogens is 533 g/mol. The lowest BCUT2D eigenvalue weighted by Crippen LogP contribution is -2.55. The summed E-state index contributed by atoms with van der Waals surface area (Å²) in [5.41, 5.74) is -2.50. The van der Waals surface area contributed by atoms with Crippen molar-refractivity contribution < 1.29 is 41.6 Å². The van der Waals surface area contributed by atoms with E-state index in [-0.39, 0.29) is 30.5 Å². The first-order valence-corrected chi connectivity index (χ1v) is 14.7. The zero-order valence-electron chi connectivity index (χ0n) is 22.2. The van der Waals surface area contributed by atoms with E-state index in [1.165, 1.54) is 12.1 Å². The van der Waals surface area contributed by atoms with E-state index in [1.54, 1.807) is 12.1 Å². The fraction of sp³-hybridized carbons (Fsp3) is 0.654. The number of hydrogen-bond donors (Lipinski definition) is 4. The van der Waals surface area contributed by atoms with E-state index in [0.717, 1.165) is 18.4 Å². The predicted molar refractivity (Wildman–Crippen MR) is 138 cm³/mol. The van der Waals surface area contributed by atoms with Crippen LogP contribution >= 0.6 is 0 Å². The molecule has 218 valence electrons. The van der Waals surface area contributed by atoms with Gasteiger partial charge in [0.05, 0.1) is 6.04 Å². The van der Waals surface area contributed by atoms with Gasteiger partial charge in [-0.3, -0.25) is 9.59 Å². The molecule has 1 aliphatic heterocycles. The van der Waals surface area contributed by atoms with Crippen molar-refractivity contribution in [1.29, 1.82) is 0 Å². The zero-order chi connectivity index (χ0) is 28.8. The molecule has 1 aromatic carbocycles. The highest BCUT2D eigenvalue weighted by Crippen LogP contribution is 2.36. The van der Waals surface area contributed by atoms with Crippen LogP contribution in [0.4, 0.5) is 9.18 Å². The molecule has 0 radical (unpaired) electrons. The van der Waals surface area contributed by atoms with E-state index in [2.05, 4.69) is 16.0 Å². The Hall–Kier alpha value is -2.77. The summed E-state index contributed by atoms with van der Waals surface area (Å²) in [6.45, 7) is 3.99. The van der Waals surface area contributed by atoms with Crippen molar-refractivity contribution >= 4 is 28.0 Å². The molecule has 2 fully saturated rings. The first-order chi connectivity index (χ1) is 18.3. The topological polar surface area (TPSA) is 174 Å². The highest BCUT2D eigenvalue weighted by atomic mass is 32.2. The van der Waals surface area contributed by atoms with Crippen LogP contribution in [0.2, 0.25) is 0 Å². The Labute approximate surface area is 228 Å². The summed E-state index contributed by atoms with van der Waals surface area (Å²) >= 11 is 0. The van der Waals surface area contributed by atoms with Crippen LogP contribution in [0.3, 0.4) is 0 Å². The molecule has 1 saturated carbocycles. The van der Waals surface area contributed by atoms with Gasteiger partial charge in [0.1, 0.15) is 27.6 Å². The van der Waals surface area contributed by atoms with Gasteiger partial charge in [0.15, 0.2) is 5.44 Å². The first-order valence-electron chi connectivity index (χ1n) is 13.2. The van der Waals surface area contributed by atoms with E-state index in [0.29, 0.717) is 32.2 Å². The minimum atomic E-state index is -5.21. The van der Waals surface area contributed by atoms with Gasteiger partial charge in [-0.15, -0.1) is 0 Å². The quantitative estimate of drug-likeness (QED) is 0.275. The molecule has 4 atom stereocenters. The smallest absolute Gasteiger partial charge is 0.408 e. The molecule has 3 amide bonds. The van der Waals surface area contributed by atoms with E-state index < -0.39 is 51.2 Å². The van der Waals surface area contributed by atoms with Crippen LogP contribution in [0.25, 0.3) is 0 Å². The number of carbonyl (C=O) groups is 3. The van der Waals surface area contributed by atoms with Crippen LogP contribution in [-0.4, -0.2) is 65.7 Å². The maximum absolute atomic E-state index is 13.3. The van der Waals surface area contributed by atoms with Gasteiger partial charge < -0.3 is 30.3 Å². The molecule has 0 spiro atoms. The number of benzene rings is 1. The van der Waals surface area contributed by atoms with Gasteiger partial charge in [-0.25, -0.2) is 17.6 Å². The number of amides is 3. The first kappa shape index (κ1) is 30.8. The fourth-order valence-corrected chi connectivity index (χ4v) is 5.87. The molecule has 39 heavy (non-hydrogen) atoms. The lowest BCUT2D eigenvalue weighted by molar-refractivity contribution is -0.126. The highest BCUT2D eigenvalue weighted by molar-refractivity contribution is 7.86. The van der Waals surface area contributed by atoms with Crippen LogP contribution in [0.5, 0.6) is 0 Å². The van der Waals surface area contributed by atoms with Crippen molar-refractivity contribution in [2.75, 3.05) is 6.54 Å². The number of halogens is 1. The summed E-state index contributed by atoms with van der Waals surface area (Å²) in [6.07, 6.45) is 2.64. The average molecular weight is 571 g/mol. The Bertz CT molecular complexity index is 1120. The molecule has 1 heterocycles. The minimum Gasteiger partial charge on any atom is -0.746 e. The van der Waals surface area contributed by atoms with Crippen molar-refractivity contribution in [3.8, 4) is 0 Å². The van der Waals surface area contributed by atoms with E-state index >= 15 is 0 Å². The SMILES string of the molecule is CC(C)C[C@H](NC(=O)OC1(Cc2ccc(F)cc2)CCCC1)C(=O)N[C@@H](C[C@@H]1CCNC1=O)C(O)S(=O)(=O)[O-]. The van der Waals surface area contributed by atoms with Gasteiger partial charge in [-0.05, 0) is 68.6 Å². The van der Waals surface area contributed by atoms with Crippen LogP contribution in [0.1, 0.15) is 64.4 Å². The van der Waals surface area contributed by atoms with Crippen molar-refractivity contribution in [3.05, 3.63) is 35.6 Å².